The standard InChI is InChI=1S/C18H25NO/c1-14-7-4-5-8-17(14)13-16(3)19-15(2)10-11-18-9-6-12-20-18/h4-9,12,15-16,19H,10-11,13H2,1-3H3. The highest BCUT2D eigenvalue weighted by Gasteiger charge is 2.10. The van der Waals surface area contributed by atoms with Crippen LogP contribution >= 0.6 is 0 Å². The third-order valence-electron chi connectivity index (χ3n) is 3.76. The van der Waals surface area contributed by atoms with Crippen LogP contribution in [0.1, 0.15) is 37.2 Å². The van der Waals surface area contributed by atoms with Gasteiger partial charge in [0.2, 0.25) is 0 Å². The largest absolute Gasteiger partial charge is 0.469 e. The number of aryl methyl sites for hydroxylation is 2. The predicted octanol–water partition coefficient (Wildman–Crippen LogP) is 4.13. The summed E-state index contributed by atoms with van der Waals surface area (Å²) in [5, 5.41) is 3.68. The van der Waals surface area contributed by atoms with Crippen molar-refractivity contribution >= 4 is 0 Å². The van der Waals surface area contributed by atoms with Gasteiger partial charge in [-0.05, 0) is 56.9 Å². The summed E-state index contributed by atoms with van der Waals surface area (Å²) in [4.78, 5) is 0. The molecule has 0 fully saturated rings. The van der Waals surface area contributed by atoms with Crippen molar-refractivity contribution in [1.29, 1.82) is 0 Å². The van der Waals surface area contributed by atoms with Crippen molar-refractivity contribution in [3.8, 4) is 0 Å². The lowest BCUT2D eigenvalue weighted by Crippen LogP contribution is -2.36. The van der Waals surface area contributed by atoms with Crippen molar-refractivity contribution in [3.63, 3.8) is 0 Å². The Balaban J connectivity index is 1.76. The number of hydrogen-bond acceptors (Lipinski definition) is 2. The van der Waals surface area contributed by atoms with Gasteiger partial charge in [-0.2, -0.15) is 0 Å². The molecule has 1 aromatic carbocycles. The van der Waals surface area contributed by atoms with E-state index in [4.69, 9.17) is 4.42 Å². The van der Waals surface area contributed by atoms with Crippen molar-refractivity contribution < 1.29 is 4.42 Å². The van der Waals surface area contributed by atoms with Crippen LogP contribution in [-0.4, -0.2) is 12.1 Å². The van der Waals surface area contributed by atoms with E-state index in [0.717, 1.165) is 25.0 Å². The van der Waals surface area contributed by atoms with Crippen molar-refractivity contribution in [3.05, 3.63) is 59.5 Å². The normalized spacial score (nSPS) is 14.2. The molecule has 20 heavy (non-hydrogen) atoms. The SMILES string of the molecule is Cc1ccccc1CC(C)NC(C)CCc1ccco1. The van der Waals surface area contributed by atoms with Gasteiger partial charge in [0, 0.05) is 18.5 Å². The van der Waals surface area contributed by atoms with Gasteiger partial charge >= 0.3 is 0 Å². The summed E-state index contributed by atoms with van der Waals surface area (Å²) >= 11 is 0. The molecular formula is C18H25NO. The maximum absolute atomic E-state index is 5.37. The molecular weight excluding hydrogens is 246 g/mol. The molecule has 0 spiro atoms. The summed E-state index contributed by atoms with van der Waals surface area (Å²) < 4.78 is 5.37. The highest BCUT2D eigenvalue weighted by atomic mass is 16.3. The number of hydrogen-bond donors (Lipinski definition) is 1. The zero-order valence-corrected chi connectivity index (χ0v) is 12.7. The average Bonchev–Trinajstić information content (AvgIpc) is 2.92. The highest BCUT2D eigenvalue weighted by molar-refractivity contribution is 5.26. The van der Waals surface area contributed by atoms with Crippen LogP contribution in [0, 0.1) is 6.92 Å². The predicted molar refractivity (Wildman–Crippen MR) is 84.0 cm³/mol. The maximum atomic E-state index is 5.37. The van der Waals surface area contributed by atoms with Gasteiger partial charge in [-0.3, -0.25) is 0 Å². The van der Waals surface area contributed by atoms with Crippen LogP contribution in [0.2, 0.25) is 0 Å². The van der Waals surface area contributed by atoms with E-state index in [0.29, 0.717) is 12.1 Å². The molecule has 2 unspecified atom stereocenters. The van der Waals surface area contributed by atoms with Crippen LogP contribution in [0.25, 0.3) is 0 Å². The van der Waals surface area contributed by atoms with Gasteiger partial charge in [0.05, 0.1) is 6.26 Å². The minimum Gasteiger partial charge on any atom is -0.469 e. The van der Waals surface area contributed by atoms with Gasteiger partial charge < -0.3 is 9.73 Å². The van der Waals surface area contributed by atoms with Crippen LogP contribution < -0.4 is 5.32 Å². The van der Waals surface area contributed by atoms with Gasteiger partial charge in [-0.1, -0.05) is 24.3 Å². The lowest BCUT2D eigenvalue weighted by atomic mass is 10.0. The van der Waals surface area contributed by atoms with Gasteiger partial charge in [0.1, 0.15) is 5.76 Å². The Kier molecular flexibility index (Phi) is 5.42. The zero-order valence-electron chi connectivity index (χ0n) is 12.7. The molecule has 2 atom stereocenters. The summed E-state index contributed by atoms with van der Waals surface area (Å²) in [5.41, 5.74) is 2.81. The third kappa shape index (κ3) is 4.53. The second-order valence-electron chi connectivity index (χ2n) is 5.72. The Bertz CT molecular complexity index is 504. The van der Waals surface area contributed by atoms with Gasteiger partial charge in [0.15, 0.2) is 0 Å². The summed E-state index contributed by atoms with van der Waals surface area (Å²) in [6.45, 7) is 6.69. The lowest BCUT2D eigenvalue weighted by molar-refractivity contribution is 0.423. The minimum atomic E-state index is 0.489. The Morgan fingerprint density at radius 1 is 1.05 bits per heavy atom. The molecule has 0 saturated heterocycles. The van der Waals surface area contributed by atoms with Crippen molar-refractivity contribution in [1.82, 2.24) is 5.32 Å². The quantitative estimate of drug-likeness (QED) is 0.819. The number of rotatable bonds is 7. The number of benzene rings is 1. The minimum absolute atomic E-state index is 0.489. The van der Waals surface area contributed by atoms with Crippen molar-refractivity contribution in [2.24, 2.45) is 0 Å². The molecule has 2 nitrogen and oxygen atoms in total. The maximum Gasteiger partial charge on any atom is 0.103 e. The molecule has 2 aromatic rings. The van der Waals surface area contributed by atoms with E-state index >= 15 is 0 Å². The fourth-order valence-electron chi connectivity index (χ4n) is 2.61. The summed E-state index contributed by atoms with van der Waals surface area (Å²) in [7, 11) is 0. The first-order chi connectivity index (χ1) is 9.65. The second-order valence-corrected chi connectivity index (χ2v) is 5.72. The van der Waals surface area contributed by atoms with E-state index in [1.54, 1.807) is 6.26 Å². The fraction of sp³-hybridized carbons (Fsp3) is 0.444. The molecule has 1 aromatic heterocycles. The first-order valence-electron chi connectivity index (χ1n) is 7.48. The number of furan rings is 1. The first-order valence-corrected chi connectivity index (χ1v) is 7.48. The molecule has 2 rings (SSSR count). The molecule has 108 valence electrons. The molecule has 0 radical (unpaired) electrons. The lowest BCUT2D eigenvalue weighted by Gasteiger charge is -2.20. The van der Waals surface area contributed by atoms with Crippen LogP contribution in [0.5, 0.6) is 0 Å². The molecule has 0 amide bonds. The molecule has 0 aliphatic carbocycles. The van der Waals surface area contributed by atoms with E-state index < -0.39 is 0 Å². The Morgan fingerprint density at radius 2 is 1.85 bits per heavy atom. The van der Waals surface area contributed by atoms with E-state index in [1.807, 2.05) is 12.1 Å². The molecule has 0 aliphatic rings. The second kappa shape index (κ2) is 7.30. The summed E-state index contributed by atoms with van der Waals surface area (Å²) in [5.74, 6) is 1.07. The van der Waals surface area contributed by atoms with Crippen LogP contribution in [0.4, 0.5) is 0 Å². The molecule has 1 N–H and O–H groups in total. The zero-order chi connectivity index (χ0) is 14.4. The Labute approximate surface area is 122 Å². The fourth-order valence-corrected chi connectivity index (χ4v) is 2.61. The monoisotopic (exact) mass is 271 g/mol. The molecule has 0 bridgehead atoms. The first kappa shape index (κ1) is 14.9. The topological polar surface area (TPSA) is 25.2 Å². The van der Waals surface area contributed by atoms with E-state index in [2.05, 4.69) is 50.4 Å². The Morgan fingerprint density at radius 3 is 2.55 bits per heavy atom. The van der Waals surface area contributed by atoms with E-state index in [-0.39, 0.29) is 0 Å². The van der Waals surface area contributed by atoms with E-state index in [1.165, 1.54) is 11.1 Å². The molecule has 0 saturated carbocycles. The summed E-state index contributed by atoms with van der Waals surface area (Å²) in [6.07, 6.45) is 4.93. The van der Waals surface area contributed by atoms with Crippen LogP contribution in [0.3, 0.4) is 0 Å². The molecule has 0 aliphatic heterocycles. The van der Waals surface area contributed by atoms with Crippen LogP contribution in [-0.2, 0) is 12.8 Å². The van der Waals surface area contributed by atoms with E-state index in [9.17, 15) is 0 Å². The van der Waals surface area contributed by atoms with Gasteiger partial charge in [0.25, 0.3) is 0 Å². The highest BCUT2D eigenvalue weighted by Crippen LogP contribution is 2.11. The van der Waals surface area contributed by atoms with Gasteiger partial charge in [-0.15, -0.1) is 0 Å². The average molecular weight is 271 g/mol. The van der Waals surface area contributed by atoms with Crippen LogP contribution in [0.15, 0.2) is 47.1 Å². The van der Waals surface area contributed by atoms with Gasteiger partial charge in [-0.25, -0.2) is 0 Å². The summed E-state index contributed by atoms with van der Waals surface area (Å²) in [6, 6.07) is 13.6. The Hall–Kier alpha value is -1.54. The number of nitrogens with one attached hydrogen (secondary N) is 1. The van der Waals surface area contributed by atoms with Crippen molar-refractivity contribution in [2.45, 2.75) is 52.1 Å². The third-order valence-corrected chi connectivity index (χ3v) is 3.76. The van der Waals surface area contributed by atoms with Crippen molar-refractivity contribution in [2.75, 3.05) is 0 Å². The molecule has 2 heteroatoms. The molecule has 1 heterocycles. The smallest absolute Gasteiger partial charge is 0.103 e.